The van der Waals surface area contributed by atoms with Crippen molar-refractivity contribution in [2.45, 2.75) is 13.8 Å². The molecular formula is C15H19N3OS2. The third-order valence-electron chi connectivity index (χ3n) is 3.86. The molecule has 0 saturated carbocycles. The lowest BCUT2D eigenvalue weighted by Crippen LogP contribution is -2.47. The van der Waals surface area contributed by atoms with Crippen LogP contribution in [0.25, 0.3) is 6.08 Å². The molecule has 112 valence electrons. The molecule has 3 heterocycles. The molecule has 0 aromatic carbocycles. The van der Waals surface area contributed by atoms with E-state index in [1.165, 1.54) is 17.3 Å². The Labute approximate surface area is 133 Å². The van der Waals surface area contributed by atoms with Gasteiger partial charge in [0.2, 0.25) is 0 Å². The summed E-state index contributed by atoms with van der Waals surface area (Å²) < 4.78 is 0. The second kappa shape index (κ2) is 6.34. The molecule has 2 aliphatic heterocycles. The Morgan fingerprint density at radius 1 is 1.33 bits per heavy atom. The van der Waals surface area contributed by atoms with Crippen LogP contribution in [0.5, 0.6) is 0 Å². The van der Waals surface area contributed by atoms with E-state index in [0.29, 0.717) is 0 Å². The first-order valence-electron chi connectivity index (χ1n) is 7.21. The highest BCUT2D eigenvalue weighted by molar-refractivity contribution is 8.18. The number of piperazine rings is 1. The Balaban J connectivity index is 1.68. The monoisotopic (exact) mass is 321 g/mol. The summed E-state index contributed by atoms with van der Waals surface area (Å²) in [6.07, 6.45) is 1.98. The smallest absolute Gasteiger partial charge is 0.286 e. The Bertz CT molecular complexity index is 598. The van der Waals surface area contributed by atoms with Gasteiger partial charge in [-0.1, -0.05) is 6.92 Å². The number of likely N-dealkylation sites (N-methyl/N-ethyl adjacent to an activating group) is 1. The van der Waals surface area contributed by atoms with E-state index < -0.39 is 0 Å². The highest BCUT2D eigenvalue weighted by Crippen LogP contribution is 2.32. The van der Waals surface area contributed by atoms with E-state index in [1.807, 2.05) is 6.08 Å². The summed E-state index contributed by atoms with van der Waals surface area (Å²) in [4.78, 5) is 22.9. The molecule has 21 heavy (non-hydrogen) atoms. The van der Waals surface area contributed by atoms with Crippen molar-refractivity contribution in [1.82, 2.24) is 9.80 Å². The van der Waals surface area contributed by atoms with E-state index in [1.54, 1.807) is 11.3 Å². The number of hydrogen-bond acceptors (Lipinski definition) is 5. The van der Waals surface area contributed by atoms with Gasteiger partial charge < -0.3 is 9.80 Å². The van der Waals surface area contributed by atoms with Crippen LogP contribution in [0.3, 0.4) is 0 Å². The van der Waals surface area contributed by atoms with Crippen molar-refractivity contribution in [1.29, 1.82) is 0 Å². The topological polar surface area (TPSA) is 35.9 Å². The van der Waals surface area contributed by atoms with Crippen LogP contribution >= 0.6 is 23.1 Å². The minimum atomic E-state index is -0.0966. The molecule has 1 fully saturated rings. The Kier molecular flexibility index (Phi) is 4.47. The molecule has 1 amide bonds. The van der Waals surface area contributed by atoms with E-state index in [4.69, 9.17) is 0 Å². The maximum atomic E-state index is 12.1. The SMILES string of the molecule is CCN1CCN(C2=NC(=O)C(=Cc3sccc3C)S2)CC1. The van der Waals surface area contributed by atoms with Crippen LogP contribution in [0, 0.1) is 6.92 Å². The molecule has 1 saturated heterocycles. The molecule has 0 N–H and O–H groups in total. The zero-order chi connectivity index (χ0) is 14.8. The van der Waals surface area contributed by atoms with Gasteiger partial charge in [-0.05, 0) is 48.3 Å². The van der Waals surface area contributed by atoms with Crippen LogP contribution < -0.4 is 0 Å². The van der Waals surface area contributed by atoms with Gasteiger partial charge in [-0.15, -0.1) is 11.3 Å². The zero-order valence-electron chi connectivity index (χ0n) is 12.3. The Morgan fingerprint density at radius 3 is 2.71 bits per heavy atom. The van der Waals surface area contributed by atoms with Gasteiger partial charge in [-0.25, -0.2) is 0 Å². The molecule has 0 spiro atoms. The second-order valence-electron chi connectivity index (χ2n) is 5.20. The molecular weight excluding hydrogens is 302 g/mol. The fourth-order valence-corrected chi connectivity index (χ4v) is 4.32. The van der Waals surface area contributed by atoms with Crippen molar-refractivity contribution in [2.24, 2.45) is 4.99 Å². The van der Waals surface area contributed by atoms with Crippen LogP contribution in [-0.4, -0.2) is 53.6 Å². The fraction of sp³-hybridized carbons (Fsp3) is 0.467. The van der Waals surface area contributed by atoms with Crippen molar-refractivity contribution in [3.05, 3.63) is 26.8 Å². The largest absolute Gasteiger partial charge is 0.348 e. The number of thiophene rings is 1. The van der Waals surface area contributed by atoms with Crippen molar-refractivity contribution >= 4 is 40.2 Å². The van der Waals surface area contributed by atoms with Crippen LogP contribution in [-0.2, 0) is 4.79 Å². The van der Waals surface area contributed by atoms with Crippen LogP contribution in [0.2, 0.25) is 0 Å². The van der Waals surface area contributed by atoms with Crippen LogP contribution in [0.4, 0.5) is 0 Å². The number of nitrogens with zero attached hydrogens (tertiary/aromatic N) is 3. The molecule has 4 nitrogen and oxygen atoms in total. The predicted octanol–water partition coefficient (Wildman–Crippen LogP) is 2.66. The number of thioether (sulfide) groups is 1. The maximum absolute atomic E-state index is 12.1. The summed E-state index contributed by atoms with van der Waals surface area (Å²) in [5.74, 6) is -0.0966. The molecule has 1 aromatic heterocycles. The number of aryl methyl sites for hydroxylation is 1. The number of rotatable bonds is 2. The van der Waals surface area contributed by atoms with Crippen LogP contribution in [0.1, 0.15) is 17.4 Å². The molecule has 0 aliphatic carbocycles. The molecule has 1 aromatic rings. The van der Waals surface area contributed by atoms with E-state index in [0.717, 1.165) is 47.7 Å². The summed E-state index contributed by atoms with van der Waals surface area (Å²) in [6, 6.07) is 2.08. The average molecular weight is 321 g/mol. The normalized spacial score (nSPS) is 22.2. The number of hydrogen-bond donors (Lipinski definition) is 0. The van der Waals surface area contributed by atoms with E-state index >= 15 is 0 Å². The predicted molar refractivity (Wildman–Crippen MR) is 90.8 cm³/mol. The van der Waals surface area contributed by atoms with E-state index in [-0.39, 0.29) is 5.91 Å². The number of carbonyl (C=O) groups is 1. The Hall–Kier alpha value is -1.11. The van der Waals surface area contributed by atoms with Crippen molar-refractivity contribution in [2.75, 3.05) is 32.7 Å². The molecule has 3 rings (SSSR count). The third-order valence-corrected chi connectivity index (χ3v) is 5.87. The molecule has 6 heteroatoms. The van der Waals surface area contributed by atoms with Gasteiger partial charge in [0.25, 0.3) is 5.91 Å². The minimum absolute atomic E-state index is 0.0966. The first-order valence-corrected chi connectivity index (χ1v) is 8.91. The van der Waals surface area contributed by atoms with Gasteiger partial charge in [-0.2, -0.15) is 4.99 Å². The standard InChI is InChI=1S/C15H19N3OS2/c1-3-17-5-7-18(8-6-17)15-16-14(19)13(21-15)10-12-11(2)4-9-20-12/h4,9-10H,3,5-8H2,1-2H3. The molecule has 0 atom stereocenters. The van der Waals surface area contributed by atoms with Gasteiger partial charge in [0.15, 0.2) is 5.17 Å². The maximum Gasteiger partial charge on any atom is 0.286 e. The summed E-state index contributed by atoms with van der Waals surface area (Å²) >= 11 is 3.18. The average Bonchev–Trinajstić information content (AvgIpc) is 3.07. The van der Waals surface area contributed by atoms with E-state index in [2.05, 4.69) is 40.1 Å². The zero-order valence-corrected chi connectivity index (χ0v) is 14.0. The van der Waals surface area contributed by atoms with Crippen molar-refractivity contribution < 1.29 is 4.79 Å². The fourth-order valence-electron chi connectivity index (χ4n) is 2.44. The van der Waals surface area contributed by atoms with Crippen molar-refractivity contribution in [3.8, 4) is 0 Å². The third kappa shape index (κ3) is 3.22. The van der Waals surface area contributed by atoms with Gasteiger partial charge in [0.05, 0.1) is 4.91 Å². The van der Waals surface area contributed by atoms with E-state index in [9.17, 15) is 4.79 Å². The summed E-state index contributed by atoms with van der Waals surface area (Å²) in [5.41, 5.74) is 1.21. The number of aliphatic imine (C=N–C) groups is 1. The number of carbonyl (C=O) groups excluding carboxylic acids is 1. The van der Waals surface area contributed by atoms with Gasteiger partial charge in [-0.3, -0.25) is 4.79 Å². The first-order chi connectivity index (χ1) is 10.2. The lowest BCUT2D eigenvalue weighted by atomic mass is 10.3. The first kappa shape index (κ1) is 14.8. The second-order valence-corrected chi connectivity index (χ2v) is 7.16. The lowest BCUT2D eigenvalue weighted by molar-refractivity contribution is -0.113. The van der Waals surface area contributed by atoms with Gasteiger partial charge >= 0.3 is 0 Å². The van der Waals surface area contributed by atoms with Crippen molar-refractivity contribution in [3.63, 3.8) is 0 Å². The van der Waals surface area contributed by atoms with Gasteiger partial charge in [0, 0.05) is 31.1 Å². The summed E-state index contributed by atoms with van der Waals surface area (Å²) in [7, 11) is 0. The minimum Gasteiger partial charge on any atom is -0.348 e. The van der Waals surface area contributed by atoms with Crippen LogP contribution in [0.15, 0.2) is 21.3 Å². The summed E-state index contributed by atoms with van der Waals surface area (Å²) in [6.45, 7) is 9.36. The Morgan fingerprint density at radius 2 is 2.10 bits per heavy atom. The molecule has 0 bridgehead atoms. The lowest BCUT2D eigenvalue weighted by Gasteiger charge is -2.34. The highest BCUT2D eigenvalue weighted by atomic mass is 32.2. The number of amides is 1. The molecule has 0 unspecified atom stereocenters. The molecule has 0 radical (unpaired) electrons. The molecule has 2 aliphatic rings. The summed E-state index contributed by atoms with van der Waals surface area (Å²) in [5, 5.41) is 2.92. The quantitative estimate of drug-likeness (QED) is 0.785. The van der Waals surface area contributed by atoms with Gasteiger partial charge in [0.1, 0.15) is 0 Å². The number of amidine groups is 1. The highest BCUT2D eigenvalue weighted by Gasteiger charge is 2.28.